The predicted octanol–water partition coefficient (Wildman–Crippen LogP) is 3.68. The minimum atomic E-state index is -0.162. The maximum atomic E-state index is 12.1. The summed E-state index contributed by atoms with van der Waals surface area (Å²) >= 11 is 6.72. The van der Waals surface area contributed by atoms with E-state index in [9.17, 15) is 4.79 Å². The second-order valence-electron chi connectivity index (χ2n) is 3.66. The van der Waals surface area contributed by atoms with Gasteiger partial charge in [0.25, 0.3) is 5.91 Å². The number of aromatic nitrogens is 2. The van der Waals surface area contributed by atoms with Crippen LogP contribution in [0, 0.1) is 0 Å². The number of nitrogens with zero attached hydrogens (tertiary/aromatic N) is 2. The van der Waals surface area contributed by atoms with E-state index >= 15 is 0 Å². The number of hydrogen-bond acceptors (Lipinski definition) is 2. The molecule has 1 aromatic carbocycles. The first-order valence-corrected chi connectivity index (χ1v) is 6.97. The van der Waals surface area contributed by atoms with Crippen LogP contribution in [0.25, 0.3) is 0 Å². The maximum Gasteiger partial charge on any atom is 0.256 e. The molecular formula is C12H11Br2N3O. The lowest BCUT2D eigenvalue weighted by atomic mass is 10.2. The molecule has 0 fully saturated rings. The Bertz CT molecular complexity index is 580. The van der Waals surface area contributed by atoms with Gasteiger partial charge in [-0.1, -0.05) is 15.9 Å². The molecule has 1 aromatic heterocycles. The molecule has 94 valence electrons. The van der Waals surface area contributed by atoms with Crippen LogP contribution in [0.3, 0.4) is 0 Å². The number of halogens is 2. The van der Waals surface area contributed by atoms with Crippen molar-refractivity contribution in [2.45, 2.75) is 13.5 Å². The van der Waals surface area contributed by atoms with Crippen molar-refractivity contribution in [3.05, 3.63) is 45.1 Å². The Hall–Kier alpha value is -1.14. The number of aryl methyl sites for hydroxylation is 1. The molecule has 1 amide bonds. The average Bonchev–Trinajstić information content (AvgIpc) is 2.76. The van der Waals surface area contributed by atoms with Gasteiger partial charge in [0, 0.05) is 21.7 Å². The van der Waals surface area contributed by atoms with E-state index in [4.69, 9.17) is 0 Å². The molecule has 2 rings (SSSR count). The zero-order valence-electron chi connectivity index (χ0n) is 9.65. The fourth-order valence-corrected chi connectivity index (χ4v) is 2.70. The van der Waals surface area contributed by atoms with Crippen molar-refractivity contribution in [1.29, 1.82) is 0 Å². The summed E-state index contributed by atoms with van der Waals surface area (Å²) in [6.45, 7) is 2.77. The third-order valence-corrected chi connectivity index (χ3v) is 3.54. The van der Waals surface area contributed by atoms with Gasteiger partial charge in [0.1, 0.15) is 0 Å². The van der Waals surface area contributed by atoms with Crippen LogP contribution in [0.15, 0.2) is 39.5 Å². The van der Waals surface area contributed by atoms with Crippen LogP contribution in [0.1, 0.15) is 17.3 Å². The van der Waals surface area contributed by atoms with Gasteiger partial charge in [-0.2, -0.15) is 5.10 Å². The van der Waals surface area contributed by atoms with Gasteiger partial charge in [0.2, 0.25) is 0 Å². The fourth-order valence-electron chi connectivity index (χ4n) is 1.47. The number of nitrogens with one attached hydrogen (secondary N) is 1. The molecule has 0 aliphatic rings. The Morgan fingerprint density at radius 1 is 1.44 bits per heavy atom. The Morgan fingerprint density at radius 3 is 2.83 bits per heavy atom. The molecule has 0 unspecified atom stereocenters. The molecule has 0 atom stereocenters. The molecule has 1 heterocycles. The Morgan fingerprint density at radius 2 is 2.22 bits per heavy atom. The number of rotatable bonds is 3. The van der Waals surface area contributed by atoms with Gasteiger partial charge in [-0.05, 0) is 41.1 Å². The van der Waals surface area contributed by atoms with E-state index in [1.54, 1.807) is 23.1 Å². The average molecular weight is 373 g/mol. The summed E-state index contributed by atoms with van der Waals surface area (Å²) in [6.07, 6.45) is 3.43. The highest BCUT2D eigenvalue weighted by Crippen LogP contribution is 2.22. The lowest BCUT2D eigenvalue weighted by Gasteiger charge is -2.05. The van der Waals surface area contributed by atoms with Crippen molar-refractivity contribution in [3.8, 4) is 0 Å². The van der Waals surface area contributed by atoms with Crippen molar-refractivity contribution < 1.29 is 4.79 Å². The van der Waals surface area contributed by atoms with Crippen molar-refractivity contribution >= 4 is 43.5 Å². The van der Waals surface area contributed by atoms with E-state index in [1.807, 2.05) is 19.1 Å². The number of hydrogen-bond donors (Lipinski definition) is 1. The van der Waals surface area contributed by atoms with E-state index < -0.39 is 0 Å². The van der Waals surface area contributed by atoms with E-state index in [2.05, 4.69) is 42.3 Å². The molecular weight excluding hydrogens is 362 g/mol. The van der Waals surface area contributed by atoms with Crippen molar-refractivity contribution in [2.24, 2.45) is 0 Å². The van der Waals surface area contributed by atoms with Crippen LogP contribution in [0.4, 0.5) is 5.69 Å². The maximum absolute atomic E-state index is 12.1. The number of anilines is 1. The van der Waals surface area contributed by atoms with Crippen LogP contribution in [0.2, 0.25) is 0 Å². The molecule has 18 heavy (non-hydrogen) atoms. The minimum absolute atomic E-state index is 0.162. The molecule has 6 heteroatoms. The Kier molecular flexibility index (Phi) is 4.19. The van der Waals surface area contributed by atoms with Gasteiger partial charge in [0.05, 0.1) is 17.4 Å². The van der Waals surface area contributed by atoms with Gasteiger partial charge in [-0.25, -0.2) is 0 Å². The van der Waals surface area contributed by atoms with E-state index in [1.165, 1.54) is 0 Å². The number of benzene rings is 1. The highest BCUT2D eigenvalue weighted by atomic mass is 79.9. The van der Waals surface area contributed by atoms with Gasteiger partial charge >= 0.3 is 0 Å². The zero-order valence-corrected chi connectivity index (χ0v) is 12.8. The molecule has 0 bridgehead atoms. The minimum Gasteiger partial charge on any atom is -0.319 e. The monoisotopic (exact) mass is 371 g/mol. The third-order valence-electron chi connectivity index (χ3n) is 2.39. The van der Waals surface area contributed by atoms with Crippen molar-refractivity contribution in [3.63, 3.8) is 0 Å². The van der Waals surface area contributed by atoms with E-state index in [0.29, 0.717) is 11.3 Å². The van der Waals surface area contributed by atoms with Gasteiger partial charge in [0.15, 0.2) is 0 Å². The Balaban J connectivity index is 2.16. The van der Waals surface area contributed by atoms with Gasteiger partial charge in [-0.3, -0.25) is 9.48 Å². The van der Waals surface area contributed by atoms with Crippen LogP contribution in [0.5, 0.6) is 0 Å². The second-order valence-corrected chi connectivity index (χ2v) is 5.43. The van der Waals surface area contributed by atoms with Crippen LogP contribution in [-0.4, -0.2) is 15.7 Å². The van der Waals surface area contributed by atoms with E-state index in [0.717, 1.165) is 15.5 Å². The highest BCUT2D eigenvalue weighted by Gasteiger charge is 2.11. The molecule has 4 nitrogen and oxygen atoms in total. The summed E-state index contributed by atoms with van der Waals surface area (Å²) in [5.41, 5.74) is 1.28. The third kappa shape index (κ3) is 3.00. The predicted molar refractivity (Wildman–Crippen MR) is 77.7 cm³/mol. The number of carbonyl (C=O) groups is 1. The summed E-state index contributed by atoms with van der Waals surface area (Å²) in [6, 6.07) is 5.42. The fraction of sp³-hybridized carbons (Fsp3) is 0.167. The second kappa shape index (κ2) is 5.67. The molecule has 2 aromatic rings. The quantitative estimate of drug-likeness (QED) is 0.893. The zero-order chi connectivity index (χ0) is 13.1. The first-order valence-electron chi connectivity index (χ1n) is 5.39. The molecule has 0 aliphatic carbocycles. The molecule has 1 N–H and O–H groups in total. The van der Waals surface area contributed by atoms with Crippen molar-refractivity contribution in [2.75, 3.05) is 5.32 Å². The lowest BCUT2D eigenvalue weighted by Crippen LogP contribution is -2.12. The highest BCUT2D eigenvalue weighted by molar-refractivity contribution is 9.11. The van der Waals surface area contributed by atoms with Crippen LogP contribution >= 0.6 is 31.9 Å². The molecule has 0 saturated heterocycles. The normalized spacial score (nSPS) is 10.4. The largest absolute Gasteiger partial charge is 0.319 e. The molecule has 0 radical (unpaired) electrons. The summed E-state index contributed by atoms with van der Waals surface area (Å²) < 4.78 is 3.42. The number of carbonyl (C=O) groups excluding carboxylic acids is 1. The van der Waals surface area contributed by atoms with E-state index in [-0.39, 0.29) is 5.91 Å². The lowest BCUT2D eigenvalue weighted by molar-refractivity contribution is 0.102. The summed E-state index contributed by atoms with van der Waals surface area (Å²) in [4.78, 5) is 12.1. The van der Waals surface area contributed by atoms with Gasteiger partial charge < -0.3 is 5.32 Å². The standard InChI is InChI=1S/C12H11Br2N3O/c1-2-17-7-9(6-15-17)16-12(18)10-4-3-8(13)5-11(10)14/h3-7H,2H2,1H3,(H,16,18). The summed E-state index contributed by atoms with van der Waals surface area (Å²) in [5.74, 6) is -0.162. The summed E-state index contributed by atoms with van der Waals surface area (Å²) in [5, 5.41) is 6.91. The van der Waals surface area contributed by atoms with Gasteiger partial charge in [-0.15, -0.1) is 0 Å². The molecule has 0 spiro atoms. The van der Waals surface area contributed by atoms with Crippen LogP contribution in [-0.2, 0) is 6.54 Å². The first kappa shape index (κ1) is 13.3. The Labute approximate surface area is 122 Å². The molecule has 0 saturated carbocycles. The smallest absolute Gasteiger partial charge is 0.256 e. The number of amides is 1. The molecule has 0 aliphatic heterocycles. The first-order chi connectivity index (χ1) is 8.60. The summed E-state index contributed by atoms with van der Waals surface area (Å²) in [7, 11) is 0. The SMILES string of the molecule is CCn1cc(NC(=O)c2ccc(Br)cc2Br)cn1. The van der Waals surface area contributed by atoms with Crippen molar-refractivity contribution in [1.82, 2.24) is 9.78 Å². The topological polar surface area (TPSA) is 46.9 Å². The van der Waals surface area contributed by atoms with Crippen LogP contribution < -0.4 is 5.32 Å².